The van der Waals surface area contributed by atoms with Gasteiger partial charge in [0.15, 0.2) is 0 Å². The molecule has 1 amide bonds. The molecule has 1 aliphatic carbocycles. The SMILES string of the molecule is O=C(NCCc1c[nH]c2ccccc12)C1CC1c1ccccc1Cl. The molecule has 0 radical (unpaired) electrons. The maximum absolute atomic E-state index is 12.3. The molecule has 2 N–H and O–H groups in total. The second-order valence-electron chi connectivity index (χ2n) is 6.37. The maximum atomic E-state index is 12.3. The van der Waals surface area contributed by atoms with Gasteiger partial charge in [-0.2, -0.15) is 0 Å². The number of hydrogen-bond donors (Lipinski definition) is 2. The maximum Gasteiger partial charge on any atom is 0.223 e. The number of nitrogens with one attached hydrogen (secondary N) is 2. The summed E-state index contributed by atoms with van der Waals surface area (Å²) in [5.74, 6) is 0.472. The van der Waals surface area contributed by atoms with E-state index in [1.54, 1.807) is 0 Å². The van der Waals surface area contributed by atoms with E-state index in [2.05, 4.69) is 22.4 Å². The third kappa shape index (κ3) is 2.92. The van der Waals surface area contributed by atoms with Gasteiger partial charge in [-0.3, -0.25) is 4.79 Å². The highest BCUT2D eigenvalue weighted by Crippen LogP contribution is 2.49. The van der Waals surface area contributed by atoms with Crippen LogP contribution in [0.4, 0.5) is 0 Å². The van der Waals surface area contributed by atoms with Crippen LogP contribution in [0.1, 0.15) is 23.5 Å². The number of hydrogen-bond acceptors (Lipinski definition) is 1. The molecule has 2 atom stereocenters. The van der Waals surface area contributed by atoms with E-state index in [0.717, 1.165) is 28.9 Å². The van der Waals surface area contributed by atoms with E-state index in [4.69, 9.17) is 11.6 Å². The highest BCUT2D eigenvalue weighted by molar-refractivity contribution is 6.31. The van der Waals surface area contributed by atoms with Gasteiger partial charge in [0.05, 0.1) is 0 Å². The van der Waals surface area contributed by atoms with Gasteiger partial charge in [0.2, 0.25) is 5.91 Å². The van der Waals surface area contributed by atoms with Crippen molar-refractivity contribution >= 4 is 28.4 Å². The lowest BCUT2D eigenvalue weighted by Crippen LogP contribution is -2.27. The normalized spacial score (nSPS) is 19.4. The molecule has 1 saturated carbocycles. The van der Waals surface area contributed by atoms with Crippen molar-refractivity contribution < 1.29 is 4.79 Å². The van der Waals surface area contributed by atoms with E-state index >= 15 is 0 Å². The van der Waals surface area contributed by atoms with Crippen LogP contribution in [0.5, 0.6) is 0 Å². The number of carbonyl (C=O) groups excluding carboxylic acids is 1. The highest BCUT2D eigenvalue weighted by atomic mass is 35.5. The molecule has 4 heteroatoms. The molecule has 1 heterocycles. The monoisotopic (exact) mass is 338 g/mol. The molecule has 2 unspecified atom stereocenters. The zero-order valence-corrected chi connectivity index (χ0v) is 14.0. The van der Waals surface area contributed by atoms with Crippen molar-refractivity contribution in [2.75, 3.05) is 6.54 Å². The van der Waals surface area contributed by atoms with Crippen molar-refractivity contribution in [1.82, 2.24) is 10.3 Å². The summed E-state index contributed by atoms with van der Waals surface area (Å²) in [7, 11) is 0. The predicted octanol–water partition coefficient (Wildman–Crippen LogP) is 4.28. The second kappa shape index (κ2) is 6.33. The third-order valence-corrected chi connectivity index (χ3v) is 5.14. The summed E-state index contributed by atoms with van der Waals surface area (Å²) in [6.07, 6.45) is 3.75. The molecule has 1 fully saturated rings. The number of aromatic nitrogens is 1. The van der Waals surface area contributed by atoms with Crippen molar-refractivity contribution in [2.45, 2.75) is 18.8 Å². The summed E-state index contributed by atoms with van der Waals surface area (Å²) in [5.41, 5.74) is 3.47. The van der Waals surface area contributed by atoms with E-state index in [1.165, 1.54) is 10.9 Å². The van der Waals surface area contributed by atoms with E-state index in [0.29, 0.717) is 6.54 Å². The molecular formula is C20H19ClN2O. The van der Waals surface area contributed by atoms with Crippen LogP contribution in [0.15, 0.2) is 54.7 Å². The Kier molecular flexibility index (Phi) is 4.03. The average Bonchev–Trinajstić information content (AvgIpc) is 3.29. The van der Waals surface area contributed by atoms with E-state index < -0.39 is 0 Å². The molecule has 1 aliphatic rings. The first-order valence-electron chi connectivity index (χ1n) is 8.31. The molecule has 0 bridgehead atoms. The number of fused-ring (bicyclic) bond motifs is 1. The third-order valence-electron chi connectivity index (χ3n) is 4.80. The first-order chi connectivity index (χ1) is 11.7. The van der Waals surface area contributed by atoms with Crippen molar-refractivity contribution in [2.24, 2.45) is 5.92 Å². The Morgan fingerprint density at radius 1 is 1.17 bits per heavy atom. The van der Waals surface area contributed by atoms with Gasteiger partial charge in [0.1, 0.15) is 0 Å². The molecular weight excluding hydrogens is 320 g/mol. The van der Waals surface area contributed by atoms with Crippen LogP contribution in [0, 0.1) is 5.92 Å². The largest absolute Gasteiger partial charge is 0.361 e. The fraction of sp³-hybridized carbons (Fsp3) is 0.250. The summed E-state index contributed by atoms with van der Waals surface area (Å²) in [5, 5.41) is 5.06. The standard InChI is InChI=1S/C20H19ClN2O/c21-18-7-3-1-6-15(18)16-11-17(16)20(24)22-10-9-13-12-23-19-8-4-2-5-14(13)19/h1-8,12,16-17,23H,9-11H2,(H,22,24). The number of aromatic amines is 1. The minimum atomic E-state index is 0.0628. The molecule has 2 aromatic carbocycles. The summed E-state index contributed by atoms with van der Waals surface area (Å²) in [4.78, 5) is 15.6. The molecule has 1 aromatic heterocycles. The van der Waals surface area contributed by atoms with Crippen LogP contribution >= 0.6 is 11.6 Å². The van der Waals surface area contributed by atoms with Gasteiger partial charge >= 0.3 is 0 Å². The Morgan fingerprint density at radius 3 is 2.83 bits per heavy atom. The Balaban J connectivity index is 1.33. The lowest BCUT2D eigenvalue weighted by atomic mass is 10.1. The fourth-order valence-electron chi connectivity index (χ4n) is 3.39. The smallest absolute Gasteiger partial charge is 0.223 e. The van der Waals surface area contributed by atoms with Crippen LogP contribution in [0.25, 0.3) is 10.9 Å². The van der Waals surface area contributed by atoms with Crippen LogP contribution in [-0.2, 0) is 11.2 Å². The first-order valence-corrected chi connectivity index (χ1v) is 8.69. The Labute approximate surface area is 146 Å². The van der Waals surface area contributed by atoms with E-state index in [9.17, 15) is 4.79 Å². The van der Waals surface area contributed by atoms with Gasteiger partial charge in [0, 0.05) is 34.6 Å². The molecule has 122 valence electrons. The quantitative estimate of drug-likeness (QED) is 0.716. The van der Waals surface area contributed by atoms with Crippen LogP contribution in [0.2, 0.25) is 5.02 Å². The first kappa shape index (κ1) is 15.3. The molecule has 3 nitrogen and oxygen atoms in total. The second-order valence-corrected chi connectivity index (χ2v) is 6.78. The number of carbonyl (C=O) groups is 1. The van der Waals surface area contributed by atoms with E-state index in [1.807, 2.05) is 42.6 Å². The molecule has 3 aromatic rings. The zero-order chi connectivity index (χ0) is 16.5. The zero-order valence-electron chi connectivity index (χ0n) is 13.3. The number of amides is 1. The van der Waals surface area contributed by atoms with Crippen molar-refractivity contribution in [1.29, 1.82) is 0 Å². The fourth-order valence-corrected chi connectivity index (χ4v) is 3.67. The lowest BCUT2D eigenvalue weighted by Gasteiger charge is -2.06. The molecule has 24 heavy (non-hydrogen) atoms. The Hall–Kier alpha value is -2.26. The summed E-state index contributed by atoms with van der Waals surface area (Å²) in [6.45, 7) is 0.659. The predicted molar refractivity (Wildman–Crippen MR) is 97.3 cm³/mol. The van der Waals surface area contributed by atoms with Gasteiger partial charge in [-0.25, -0.2) is 0 Å². The molecule has 0 spiro atoms. The Bertz CT molecular complexity index is 886. The van der Waals surface area contributed by atoms with Gasteiger partial charge in [-0.1, -0.05) is 48.0 Å². The minimum absolute atomic E-state index is 0.0628. The van der Waals surface area contributed by atoms with Gasteiger partial charge in [0.25, 0.3) is 0 Å². The van der Waals surface area contributed by atoms with Crippen molar-refractivity contribution in [3.8, 4) is 0 Å². The van der Waals surface area contributed by atoms with Gasteiger partial charge in [-0.15, -0.1) is 0 Å². The molecule has 0 saturated heterocycles. The number of para-hydroxylation sites is 1. The molecule has 4 rings (SSSR count). The number of rotatable bonds is 5. The van der Waals surface area contributed by atoms with Crippen LogP contribution in [0.3, 0.4) is 0 Å². The van der Waals surface area contributed by atoms with Gasteiger partial charge < -0.3 is 10.3 Å². The Morgan fingerprint density at radius 2 is 1.96 bits per heavy atom. The number of halogens is 1. The summed E-state index contributed by atoms with van der Waals surface area (Å²) in [6, 6.07) is 16.0. The average molecular weight is 339 g/mol. The van der Waals surface area contributed by atoms with Crippen molar-refractivity contribution in [3.05, 3.63) is 70.9 Å². The number of benzene rings is 2. The van der Waals surface area contributed by atoms with Crippen LogP contribution < -0.4 is 5.32 Å². The highest BCUT2D eigenvalue weighted by Gasteiger charge is 2.44. The molecule has 0 aliphatic heterocycles. The van der Waals surface area contributed by atoms with E-state index in [-0.39, 0.29) is 17.7 Å². The summed E-state index contributed by atoms with van der Waals surface area (Å²) >= 11 is 6.22. The lowest BCUT2D eigenvalue weighted by molar-refractivity contribution is -0.122. The van der Waals surface area contributed by atoms with Gasteiger partial charge in [-0.05, 0) is 42.0 Å². The summed E-state index contributed by atoms with van der Waals surface area (Å²) < 4.78 is 0. The topological polar surface area (TPSA) is 44.9 Å². The van der Waals surface area contributed by atoms with Crippen molar-refractivity contribution in [3.63, 3.8) is 0 Å². The minimum Gasteiger partial charge on any atom is -0.361 e. The number of H-pyrrole nitrogens is 1. The van der Waals surface area contributed by atoms with Crippen LogP contribution in [-0.4, -0.2) is 17.4 Å².